The number of hydrogen-bond acceptors (Lipinski definition) is 3. The van der Waals surface area contributed by atoms with E-state index in [1.165, 1.54) is 31.5 Å². The standard InChI is InChI=1S/C16H23F2N3/c17-12-4-5-14(15(18)9-12)16(19)11-20-6-2-8-21-7-1-3-13(21)10-20/h4-5,9,13,16H,1-3,6-8,10-11,19H2. The first-order chi connectivity index (χ1) is 10.1. The Bertz CT molecular complexity index is 494. The monoisotopic (exact) mass is 295 g/mol. The van der Waals surface area contributed by atoms with E-state index in [4.69, 9.17) is 5.73 Å². The van der Waals surface area contributed by atoms with E-state index in [0.29, 0.717) is 18.2 Å². The van der Waals surface area contributed by atoms with Crippen molar-refractivity contribution in [2.45, 2.75) is 31.3 Å². The van der Waals surface area contributed by atoms with E-state index in [-0.39, 0.29) is 0 Å². The summed E-state index contributed by atoms with van der Waals surface area (Å²) in [6, 6.07) is 3.88. The second-order valence-corrected chi connectivity index (χ2v) is 6.22. The summed E-state index contributed by atoms with van der Waals surface area (Å²) in [7, 11) is 0. The van der Waals surface area contributed by atoms with Gasteiger partial charge < -0.3 is 5.73 Å². The molecule has 0 radical (unpaired) electrons. The maximum absolute atomic E-state index is 13.8. The summed E-state index contributed by atoms with van der Waals surface area (Å²) in [6.07, 6.45) is 3.66. The molecule has 5 heteroatoms. The van der Waals surface area contributed by atoms with E-state index in [9.17, 15) is 8.78 Å². The Labute approximate surface area is 124 Å². The topological polar surface area (TPSA) is 32.5 Å². The van der Waals surface area contributed by atoms with Crippen LogP contribution in [0.15, 0.2) is 18.2 Å². The van der Waals surface area contributed by atoms with Crippen LogP contribution in [0.5, 0.6) is 0 Å². The van der Waals surface area contributed by atoms with E-state index in [0.717, 1.165) is 32.1 Å². The molecule has 2 unspecified atom stereocenters. The molecule has 0 bridgehead atoms. The summed E-state index contributed by atoms with van der Waals surface area (Å²) >= 11 is 0. The fourth-order valence-electron chi connectivity index (χ4n) is 3.63. The average molecular weight is 295 g/mol. The third-order valence-corrected chi connectivity index (χ3v) is 4.70. The van der Waals surface area contributed by atoms with Gasteiger partial charge in [0.1, 0.15) is 11.6 Å². The number of fused-ring (bicyclic) bond motifs is 1. The lowest BCUT2D eigenvalue weighted by molar-refractivity contribution is 0.212. The number of nitrogens with two attached hydrogens (primary N) is 1. The Hall–Kier alpha value is -1.04. The first-order valence-electron chi connectivity index (χ1n) is 7.80. The number of benzene rings is 1. The molecule has 0 spiro atoms. The summed E-state index contributed by atoms with van der Waals surface area (Å²) in [6.45, 7) is 5.01. The molecule has 2 aliphatic rings. The summed E-state index contributed by atoms with van der Waals surface area (Å²) in [5.41, 5.74) is 6.55. The van der Waals surface area contributed by atoms with Gasteiger partial charge in [0.25, 0.3) is 0 Å². The van der Waals surface area contributed by atoms with Crippen LogP contribution in [-0.2, 0) is 0 Å². The summed E-state index contributed by atoms with van der Waals surface area (Å²) in [5.74, 6) is -1.10. The highest BCUT2D eigenvalue weighted by Crippen LogP contribution is 2.23. The van der Waals surface area contributed by atoms with Crippen LogP contribution in [-0.4, -0.2) is 48.6 Å². The average Bonchev–Trinajstić information content (AvgIpc) is 2.77. The fourth-order valence-corrected chi connectivity index (χ4v) is 3.63. The highest BCUT2D eigenvalue weighted by atomic mass is 19.1. The predicted molar refractivity (Wildman–Crippen MR) is 78.9 cm³/mol. The molecule has 0 amide bonds. The zero-order valence-corrected chi connectivity index (χ0v) is 12.3. The number of halogens is 2. The van der Waals surface area contributed by atoms with Crippen molar-refractivity contribution in [1.82, 2.24) is 9.80 Å². The second-order valence-electron chi connectivity index (χ2n) is 6.22. The Morgan fingerprint density at radius 2 is 2.00 bits per heavy atom. The molecule has 2 aliphatic heterocycles. The van der Waals surface area contributed by atoms with Gasteiger partial charge in [-0.15, -0.1) is 0 Å². The van der Waals surface area contributed by atoms with Crippen molar-refractivity contribution in [2.75, 3.05) is 32.7 Å². The van der Waals surface area contributed by atoms with Crippen LogP contribution in [0.2, 0.25) is 0 Å². The van der Waals surface area contributed by atoms with Gasteiger partial charge in [-0.25, -0.2) is 8.78 Å². The van der Waals surface area contributed by atoms with Crippen LogP contribution in [0.3, 0.4) is 0 Å². The summed E-state index contributed by atoms with van der Waals surface area (Å²) < 4.78 is 26.8. The molecule has 2 fully saturated rings. The zero-order chi connectivity index (χ0) is 14.8. The first kappa shape index (κ1) is 14.9. The maximum Gasteiger partial charge on any atom is 0.130 e. The highest BCUT2D eigenvalue weighted by molar-refractivity contribution is 5.22. The molecule has 2 atom stereocenters. The van der Waals surface area contributed by atoms with Crippen LogP contribution in [0.25, 0.3) is 0 Å². The Kier molecular flexibility index (Phi) is 4.52. The number of rotatable bonds is 3. The van der Waals surface area contributed by atoms with Gasteiger partial charge in [-0.1, -0.05) is 6.07 Å². The maximum atomic E-state index is 13.8. The zero-order valence-electron chi connectivity index (χ0n) is 12.3. The van der Waals surface area contributed by atoms with Gasteiger partial charge in [0.15, 0.2) is 0 Å². The minimum atomic E-state index is -0.556. The van der Waals surface area contributed by atoms with Crippen molar-refractivity contribution >= 4 is 0 Å². The molecule has 21 heavy (non-hydrogen) atoms. The minimum absolute atomic E-state index is 0.404. The van der Waals surface area contributed by atoms with Crippen molar-refractivity contribution in [3.8, 4) is 0 Å². The van der Waals surface area contributed by atoms with Crippen LogP contribution in [0, 0.1) is 11.6 Å². The van der Waals surface area contributed by atoms with Crippen molar-refractivity contribution in [3.05, 3.63) is 35.4 Å². The summed E-state index contributed by atoms with van der Waals surface area (Å²) in [5, 5.41) is 0. The van der Waals surface area contributed by atoms with Crippen molar-refractivity contribution in [1.29, 1.82) is 0 Å². The Balaban J connectivity index is 1.64. The van der Waals surface area contributed by atoms with Gasteiger partial charge in [-0.2, -0.15) is 0 Å². The normalized spacial score (nSPS) is 25.6. The van der Waals surface area contributed by atoms with Gasteiger partial charge in [0.2, 0.25) is 0 Å². The molecular weight excluding hydrogens is 272 g/mol. The number of nitrogens with zero attached hydrogens (tertiary/aromatic N) is 2. The third kappa shape index (κ3) is 3.42. The fraction of sp³-hybridized carbons (Fsp3) is 0.625. The molecule has 1 aromatic rings. The Morgan fingerprint density at radius 3 is 2.81 bits per heavy atom. The molecule has 3 rings (SSSR count). The lowest BCUT2D eigenvalue weighted by Crippen LogP contribution is -2.39. The van der Waals surface area contributed by atoms with Gasteiger partial charge in [-0.05, 0) is 45.0 Å². The van der Waals surface area contributed by atoms with E-state index in [1.807, 2.05) is 0 Å². The van der Waals surface area contributed by atoms with E-state index in [2.05, 4.69) is 9.80 Å². The van der Waals surface area contributed by atoms with Crippen molar-refractivity contribution in [2.24, 2.45) is 5.73 Å². The largest absolute Gasteiger partial charge is 0.323 e. The van der Waals surface area contributed by atoms with Crippen molar-refractivity contribution < 1.29 is 8.78 Å². The van der Waals surface area contributed by atoms with Crippen LogP contribution >= 0.6 is 0 Å². The SMILES string of the molecule is NC(CN1CCCN2CCCC2C1)c1ccc(F)cc1F. The van der Waals surface area contributed by atoms with Crippen molar-refractivity contribution in [3.63, 3.8) is 0 Å². The van der Waals surface area contributed by atoms with Gasteiger partial charge in [-0.3, -0.25) is 9.80 Å². The molecule has 0 saturated carbocycles. The van der Waals surface area contributed by atoms with Crippen LogP contribution in [0.1, 0.15) is 30.9 Å². The molecule has 0 aromatic heterocycles. The quantitative estimate of drug-likeness (QED) is 0.927. The lowest BCUT2D eigenvalue weighted by atomic mass is 10.1. The second kappa shape index (κ2) is 6.38. The van der Waals surface area contributed by atoms with Crippen LogP contribution < -0.4 is 5.73 Å². The molecule has 0 aliphatic carbocycles. The van der Waals surface area contributed by atoms with E-state index in [1.54, 1.807) is 0 Å². The molecule has 2 heterocycles. The van der Waals surface area contributed by atoms with E-state index < -0.39 is 17.7 Å². The van der Waals surface area contributed by atoms with Gasteiger partial charge in [0, 0.05) is 36.8 Å². The predicted octanol–water partition coefficient (Wildman–Crippen LogP) is 2.13. The molecule has 116 valence electrons. The van der Waals surface area contributed by atoms with Gasteiger partial charge in [0.05, 0.1) is 0 Å². The molecule has 2 saturated heterocycles. The molecule has 1 aromatic carbocycles. The number of hydrogen-bond donors (Lipinski definition) is 1. The molecule has 3 nitrogen and oxygen atoms in total. The van der Waals surface area contributed by atoms with E-state index >= 15 is 0 Å². The first-order valence-corrected chi connectivity index (χ1v) is 7.80. The summed E-state index contributed by atoms with van der Waals surface area (Å²) in [4.78, 5) is 4.90. The molecular formula is C16H23F2N3. The van der Waals surface area contributed by atoms with Gasteiger partial charge >= 0.3 is 0 Å². The minimum Gasteiger partial charge on any atom is -0.323 e. The molecule has 2 N–H and O–H groups in total. The smallest absolute Gasteiger partial charge is 0.130 e. The lowest BCUT2D eigenvalue weighted by Gasteiger charge is -2.27. The third-order valence-electron chi connectivity index (χ3n) is 4.70. The van der Waals surface area contributed by atoms with Crippen LogP contribution in [0.4, 0.5) is 8.78 Å². The Morgan fingerprint density at radius 1 is 1.19 bits per heavy atom. The highest BCUT2D eigenvalue weighted by Gasteiger charge is 2.29.